The van der Waals surface area contributed by atoms with Gasteiger partial charge >= 0.3 is 0 Å². The number of halogens is 2. The van der Waals surface area contributed by atoms with Crippen LogP contribution < -0.4 is 21.7 Å². The van der Waals surface area contributed by atoms with Gasteiger partial charge in [-0.15, -0.1) is 0 Å². The molecule has 2 atom stereocenters. The van der Waals surface area contributed by atoms with Crippen LogP contribution in [-0.4, -0.2) is 51.0 Å². The highest BCUT2D eigenvalue weighted by Crippen LogP contribution is 2.29. The number of hydrogen-bond acceptors (Lipinski definition) is 7. The maximum atomic E-state index is 14.2. The maximum Gasteiger partial charge on any atom is 0.278 e. The Morgan fingerprint density at radius 2 is 1.97 bits per heavy atom. The Labute approximate surface area is 183 Å². The van der Waals surface area contributed by atoms with E-state index in [0.717, 1.165) is 0 Å². The average Bonchev–Trinajstić information content (AvgIpc) is 3.05. The summed E-state index contributed by atoms with van der Waals surface area (Å²) < 4.78 is 29.8. The number of alkyl halides is 1. The summed E-state index contributed by atoms with van der Waals surface area (Å²) in [6.45, 7) is 0.955. The number of hydrogen-bond donors (Lipinski definition) is 3. The van der Waals surface area contributed by atoms with Gasteiger partial charge in [0.25, 0.3) is 5.91 Å². The number of nitrogens with two attached hydrogens (primary N) is 2. The van der Waals surface area contributed by atoms with Crippen LogP contribution in [-0.2, 0) is 7.05 Å². The fraction of sp³-hybridized carbons (Fsp3) is 0.333. The number of amides is 1. The fourth-order valence-electron chi connectivity index (χ4n) is 3.74. The van der Waals surface area contributed by atoms with E-state index in [1.165, 1.54) is 18.5 Å². The smallest absolute Gasteiger partial charge is 0.278 e. The molecule has 1 aliphatic heterocycles. The molecule has 0 aliphatic carbocycles. The van der Waals surface area contributed by atoms with E-state index in [1.54, 1.807) is 29.9 Å². The van der Waals surface area contributed by atoms with Gasteiger partial charge in [-0.1, -0.05) is 12.1 Å². The standard InChI is InChI=1S/C21H24F2N8O/c1-30-21(31-8-6-14(23)15(24)7-9-31)17(11-27-30)29-20(32)18-19(25)26-10-16(28-18)12-4-2-3-5-13(12)22/h2-5,10-11,14-15H,6-9,24H2,1H3,(H2,25,26)(H,29,32). The number of carbonyl (C=O) groups excluding carboxylic acids is 1. The summed E-state index contributed by atoms with van der Waals surface area (Å²) in [5.74, 6) is -0.569. The molecule has 0 bridgehead atoms. The van der Waals surface area contributed by atoms with E-state index in [4.69, 9.17) is 11.5 Å². The number of benzene rings is 1. The zero-order valence-corrected chi connectivity index (χ0v) is 17.5. The van der Waals surface area contributed by atoms with E-state index >= 15 is 0 Å². The average molecular weight is 442 g/mol. The number of nitrogens with one attached hydrogen (secondary N) is 1. The number of aromatic nitrogens is 4. The predicted octanol–water partition coefficient (Wildman–Crippen LogP) is 2.12. The van der Waals surface area contributed by atoms with Crippen molar-refractivity contribution in [3.8, 4) is 11.3 Å². The van der Waals surface area contributed by atoms with Gasteiger partial charge in [0.15, 0.2) is 17.3 Å². The van der Waals surface area contributed by atoms with Gasteiger partial charge in [-0.05, 0) is 25.0 Å². The Bertz CT molecular complexity index is 1120. The highest BCUT2D eigenvalue weighted by atomic mass is 19.1. The quantitative estimate of drug-likeness (QED) is 0.565. The first-order valence-corrected chi connectivity index (χ1v) is 10.2. The van der Waals surface area contributed by atoms with E-state index in [2.05, 4.69) is 20.4 Å². The second-order valence-corrected chi connectivity index (χ2v) is 7.67. The minimum absolute atomic E-state index is 0.0888. The molecular formula is C21H24F2N8O. The Kier molecular flexibility index (Phi) is 5.99. The number of aryl methyl sites for hydroxylation is 1. The normalized spacial score (nSPS) is 18.9. The summed E-state index contributed by atoms with van der Waals surface area (Å²) in [7, 11) is 1.73. The van der Waals surface area contributed by atoms with Crippen molar-refractivity contribution >= 4 is 23.2 Å². The van der Waals surface area contributed by atoms with Crippen molar-refractivity contribution in [2.75, 3.05) is 29.0 Å². The summed E-state index contributed by atoms with van der Waals surface area (Å²) in [4.78, 5) is 23.2. The third-order valence-electron chi connectivity index (χ3n) is 5.49. The molecule has 2 unspecified atom stereocenters. The van der Waals surface area contributed by atoms with E-state index in [0.29, 0.717) is 31.0 Å². The molecule has 0 saturated carbocycles. The van der Waals surface area contributed by atoms with Gasteiger partial charge in [-0.25, -0.2) is 18.7 Å². The summed E-state index contributed by atoms with van der Waals surface area (Å²) in [5.41, 5.74) is 12.4. The number of nitrogens with zero attached hydrogens (tertiary/aromatic N) is 5. The number of nitrogen functional groups attached to an aromatic ring is 1. The molecule has 3 aromatic rings. The molecule has 5 N–H and O–H groups in total. The highest BCUT2D eigenvalue weighted by Gasteiger charge is 2.27. The second kappa shape index (κ2) is 8.87. The molecule has 11 heteroatoms. The highest BCUT2D eigenvalue weighted by molar-refractivity contribution is 6.07. The lowest BCUT2D eigenvalue weighted by Gasteiger charge is -2.24. The Morgan fingerprint density at radius 1 is 1.22 bits per heavy atom. The van der Waals surface area contributed by atoms with Gasteiger partial charge < -0.3 is 21.7 Å². The summed E-state index contributed by atoms with van der Waals surface area (Å²) in [6.07, 6.45) is 2.48. The molecule has 1 saturated heterocycles. The van der Waals surface area contributed by atoms with Crippen molar-refractivity contribution in [1.29, 1.82) is 0 Å². The Morgan fingerprint density at radius 3 is 2.75 bits per heavy atom. The summed E-state index contributed by atoms with van der Waals surface area (Å²) in [6, 6.07) is 5.53. The molecule has 3 heterocycles. The molecular weight excluding hydrogens is 418 g/mol. The van der Waals surface area contributed by atoms with Crippen LogP contribution in [0, 0.1) is 5.82 Å². The first kappa shape index (κ1) is 21.6. The van der Waals surface area contributed by atoms with E-state index in [-0.39, 0.29) is 29.2 Å². The third kappa shape index (κ3) is 4.24. The van der Waals surface area contributed by atoms with Crippen LogP contribution in [0.1, 0.15) is 23.3 Å². The van der Waals surface area contributed by atoms with Gasteiger partial charge in [-0.3, -0.25) is 9.48 Å². The summed E-state index contributed by atoms with van der Waals surface area (Å²) >= 11 is 0. The third-order valence-corrected chi connectivity index (χ3v) is 5.49. The van der Waals surface area contributed by atoms with Crippen LogP contribution in [0.25, 0.3) is 11.3 Å². The van der Waals surface area contributed by atoms with Gasteiger partial charge in [0, 0.05) is 31.7 Å². The maximum absolute atomic E-state index is 14.2. The fourth-order valence-corrected chi connectivity index (χ4v) is 3.74. The largest absolute Gasteiger partial charge is 0.382 e. The Hall–Kier alpha value is -3.60. The molecule has 1 amide bonds. The number of rotatable bonds is 4. The van der Waals surface area contributed by atoms with Gasteiger partial charge in [-0.2, -0.15) is 5.10 Å². The number of carbonyl (C=O) groups is 1. The van der Waals surface area contributed by atoms with Crippen LogP contribution >= 0.6 is 0 Å². The van der Waals surface area contributed by atoms with Crippen LogP contribution in [0.15, 0.2) is 36.7 Å². The molecule has 32 heavy (non-hydrogen) atoms. The first-order valence-electron chi connectivity index (χ1n) is 10.2. The zero-order chi connectivity index (χ0) is 22.8. The molecule has 1 aromatic carbocycles. The number of anilines is 3. The van der Waals surface area contributed by atoms with Crippen LogP contribution in [0.4, 0.5) is 26.1 Å². The minimum atomic E-state index is -1.08. The molecule has 1 fully saturated rings. The summed E-state index contributed by atoms with van der Waals surface area (Å²) in [5, 5.41) is 6.98. The van der Waals surface area contributed by atoms with Crippen LogP contribution in [0.2, 0.25) is 0 Å². The second-order valence-electron chi connectivity index (χ2n) is 7.67. The monoisotopic (exact) mass is 442 g/mol. The SMILES string of the molecule is Cn1ncc(NC(=O)c2nc(-c3ccccc3F)cnc2N)c1N1CCC(N)C(F)CC1. The first-order chi connectivity index (χ1) is 15.3. The molecule has 2 aromatic heterocycles. The molecule has 4 rings (SSSR count). The molecule has 1 aliphatic rings. The van der Waals surface area contributed by atoms with E-state index in [9.17, 15) is 13.6 Å². The van der Waals surface area contributed by atoms with Crippen LogP contribution in [0.3, 0.4) is 0 Å². The predicted molar refractivity (Wildman–Crippen MR) is 117 cm³/mol. The lowest BCUT2D eigenvalue weighted by molar-refractivity contribution is 0.102. The molecule has 0 spiro atoms. The van der Waals surface area contributed by atoms with Crippen molar-refractivity contribution in [2.24, 2.45) is 12.8 Å². The Balaban J connectivity index is 1.61. The lowest BCUT2D eigenvalue weighted by atomic mass is 10.1. The van der Waals surface area contributed by atoms with E-state index in [1.807, 2.05) is 4.90 Å². The van der Waals surface area contributed by atoms with Crippen molar-refractivity contribution < 1.29 is 13.6 Å². The van der Waals surface area contributed by atoms with Crippen molar-refractivity contribution in [3.63, 3.8) is 0 Å². The van der Waals surface area contributed by atoms with Gasteiger partial charge in [0.2, 0.25) is 0 Å². The van der Waals surface area contributed by atoms with Crippen molar-refractivity contribution in [3.05, 3.63) is 48.2 Å². The van der Waals surface area contributed by atoms with Crippen molar-refractivity contribution in [1.82, 2.24) is 19.7 Å². The van der Waals surface area contributed by atoms with Gasteiger partial charge in [0.1, 0.15) is 17.7 Å². The molecule has 168 valence electrons. The zero-order valence-electron chi connectivity index (χ0n) is 17.5. The van der Waals surface area contributed by atoms with Crippen molar-refractivity contribution in [2.45, 2.75) is 25.1 Å². The lowest BCUT2D eigenvalue weighted by Crippen LogP contribution is -2.31. The molecule has 0 radical (unpaired) electrons. The topological polar surface area (TPSA) is 128 Å². The molecule has 9 nitrogen and oxygen atoms in total. The van der Waals surface area contributed by atoms with E-state index < -0.39 is 23.9 Å². The minimum Gasteiger partial charge on any atom is -0.382 e. The van der Waals surface area contributed by atoms with Gasteiger partial charge in [0.05, 0.1) is 18.1 Å². The van der Waals surface area contributed by atoms with Crippen LogP contribution in [0.5, 0.6) is 0 Å².